The van der Waals surface area contributed by atoms with Crippen molar-refractivity contribution in [3.05, 3.63) is 65.7 Å². The third-order valence-electron chi connectivity index (χ3n) is 3.16. The van der Waals surface area contributed by atoms with E-state index in [-0.39, 0.29) is 0 Å². The Morgan fingerprint density at radius 2 is 1.64 bits per heavy atom. The molecule has 3 aromatic rings. The van der Waals surface area contributed by atoms with E-state index in [4.69, 9.17) is 11.6 Å². The second-order valence-electron chi connectivity index (χ2n) is 4.68. The van der Waals surface area contributed by atoms with E-state index in [1.165, 1.54) is 0 Å². The van der Waals surface area contributed by atoms with E-state index in [1.54, 1.807) is 7.05 Å². The highest BCUT2D eigenvalue weighted by atomic mass is 35.5. The summed E-state index contributed by atoms with van der Waals surface area (Å²) >= 11 is 6.18. The van der Waals surface area contributed by atoms with Gasteiger partial charge in [0.15, 0.2) is 0 Å². The van der Waals surface area contributed by atoms with Crippen molar-refractivity contribution in [2.45, 2.75) is 0 Å². The molecule has 22 heavy (non-hydrogen) atoms. The van der Waals surface area contributed by atoms with Crippen LogP contribution in [-0.4, -0.2) is 17.0 Å². The van der Waals surface area contributed by atoms with E-state index in [1.807, 2.05) is 60.7 Å². The van der Waals surface area contributed by atoms with Gasteiger partial charge in [-0.25, -0.2) is 4.98 Å². The fourth-order valence-corrected chi connectivity index (χ4v) is 2.26. The number of anilines is 3. The van der Waals surface area contributed by atoms with Gasteiger partial charge in [-0.15, -0.1) is 0 Å². The highest BCUT2D eigenvalue weighted by Crippen LogP contribution is 2.27. The molecule has 110 valence electrons. The Labute approximate surface area is 134 Å². The molecule has 0 fully saturated rings. The standard InChI is InChI=1S/C17H15ClN4/c1-19-17-21-15(12-7-3-2-4-8-12)11-16(22-17)20-14-10-6-5-9-13(14)18/h2-11H,1H3,(H2,19,20,21,22). The molecule has 1 aromatic heterocycles. The molecule has 3 rings (SSSR count). The fraction of sp³-hybridized carbons (Fsp3) is 0.0588. The number of aromatic nitrogens is 2. The normalized spacial score (nSPS) is 10.3. The summed E-state index contributed by atoms with van der Waals surface area (Å²) in [6.07, 6.45) is 0. The first kappa shape index (κ1) is 14.4. The molecule has 0 saturated heterocycles. The Morgan fingerprint density at radius 3 is 2.36 bits per heavy atom. The quantitative estimate of drug-likeness (QED) is 0.740. The maximum absolute atomic E-state index is 6.18. The van der Waals surface area contributed by atoms with Gasteiger partial charge < -0.3 is 10.6 Å². The second kappa shape index (κ2) is 6.45. The molecule has 5 heteroatoms. The minimum Gasteiger partial charge on any atom is -0.357 e. The third kappa shape index (κ3) is 3.18. The number of rotatable bonds is 4. The molecular formula is C17H15ClN4. The molecule has 0 bridgehead atoms. The van der Waals surface area contributed by atoms with Crippen molar-refractivity contribution in [2.24, 2.45) is 0 Å². The maximum Gasteiger partial charge on any atom is 0.224 e. The number of benzene rings is 2. The zero-order valence-electron chi connectivity index (χ0n) is 12.0. The molecule has 4 nitrogen and oxygen atoms in total. The Balaban J connectivity index is 2.00. The summed E-state index contributed by atoms with van der Waals surface area (Å²) in [6, 6.07) is 19.4. The predicted molar refractivity (Wildman–Crippen MR) is 91.7 cm³/mol. The SMILES string of the molecule is CNc1nc(Nc2ccccc2Cl)cc(-c2ccccc2)n1. The van der Waals surface area contributed by atoms with Crippen molar-refractivity contribution in [1.29, 1.82) is 0 Å². The number of hydrogen-bond donors (Lipinski definition) is 2. The van der Waals surface area contributed by atoms with Crippen molar-refractivity contribution in [2.75, 3.05) is 17.7 Å². The van der Waals surface area contributed by atoms with Crippen LogP contribution in [0.15, 0.2) is 60.7 Å². The molecule has 0 unspecified atom stereocenters. The summed E-state index contributed by atoms with van der Waals surface area (Å²) in [6.45, 7) is 0. The summed E-state index contributed by atoms with van der Waals surface area (Å²) < 4.78 is 0. The molecule has 0 saturated carbocycles. The van der Waals surface area contributed by atoms with E-state index >= 15 is 0 Å². The molecule has 0 radical (unpaired) electrons. The van der Waals surface area contributed by atoms with Gasteiger partial charge >= 0.3 is 0 Å². The molecule has 0 amide bonds. The lowest BCUT2D eigenvalue weighted by atomic mass is 10.1. The van der Waals surface area contributed by atoms with E-state index in [0.717, 1.165) is 16.9 Å². The summed E-state index contributed by atoms with van der Waals surface area (Å²) in [5.41, 5.74) is 2.68. The molecule has 0 aliphatic rings. The lowest BCUT2D eigenvalue weighted by molar-refractivity contribution is 1.15. The molecule has 2 aromatic carbocycles. The zero-order valence-corrected chi connectivity index (χ0v) is 12.8. The topological polar surface area (TPSA) is 49.8 Å². The molecule has 0 aliphatic heterocycles. The molecular weight excluding hydrogens is 296 g/mol. The van der Waals surface area contributed by atoms with Gasteiger partial charge in [0, 0.05) is 18.7 Å². The Hall–Kier alpha value is -2.59. The van der Waals surface area contributed by atoms with Crippen LogP contribution in [0.3, 0.4) is 0 Å². The number of hydrogen-bond acceptors (Lipinski definition) is 4. The minimum atomic E-state index is 0.552. The van der Waals surface area contributed by atoms with Gasteiger partial charge in [-0.2, -0.15) is 4.98 Å². The van der Waals surface area contributed by atoms with Gasteiger partial charge in [0.1, 0.15) is 5.82 Å². The van der Waals surface area contributed by atoms with Crippen LogP contribution in [-0.2, 0) is 0 Å². The van der Waals surface area contributed by atoms with Crippen LogP contribution in [0.25, 0.3) is 11.3 Å². The van der Waals surface area contributed by atoms with Gasteiger partial charge in [-0.3, -0.25) is 0 Å². The van der Waals surface area contributed by atoms with Crippen LogP contribution in [0, 0.1) is 0 Å². The smallest absolute Gasteiger partial charge is 0.224 e. The Morgan fingerprint density at radius 1 is 0.909 bits per heavy atom. The molecule has 0 aliphatic carbocycles. The molecule has 1 heterocycles. The van der Waals surface area contributed by atoms with Crippen molar-refractivity contribution in [1.82, 2.24) is 9.97 Å². The van der Waals surface area contributed by atoms with E-state index in [9.17, 15) is 0 Å². The molecule has 0 atom stereocenters. The van der Waals surface area contributed by atoms with Gasteiger partial charge in [-0.05, 0) is 12.1 Å². The predicted octanol–water partition coefficient (Wildman–Crippen LogP) is 4.58. The molecule has 0 spiro atoms. The first-order chi connectivity index (χ1) is 10.8. The van der Waals surface area contributed by atoms with Crippen LogP contribution in [0.2, 0.25) is 5.02 Å². The monoisotopic (exact) mass is 310 g/mol. The van der Waals surface area contributed by atoms with Crippen LogP contribution >= 0.6 is 11.6 Å². The van der Waals surface area contributed by atoms with Crippen molar-refractivity contribution in [3.63, 3.8) is 0 Å². The van der Waals surface area contributed by atoms with E-state index in [2.05, 4.69) is 20.6 Å². The van der Waals surface area contributed by atoms with Gasteiger partial charge in [-0.1, -0.05) is 54.1 Å². The minimum absolute atomic E-state index is 0.552. The fourth-order valence-electron chi connectivity index (χ4n) is 2.08. The van der Waals surface area contributed by atoms with Gasteiger partial charge in [0.05, 0.1) is 16.4 Å². The number of nitrogens with zero attached hydrogens (tertiary/aromatic N) is 2. The number of nitrogens with one attached hydrogen (secondary N) is 2. The second-order valence-corrected chi connectivity index (χ2v) is 5.09. The largest absolute Gasteiger partial charge is 0.357 e. The molecule has 2 N–H and O–H groups in total. The van der Waals surface area contributed by atoms with Crippen LogP contribution in [0.1, 0.15) is 0 Å². The highest BCUT2D eigenvalue weighted by molar-refractivity contribution is 6.33. The summed E-state index contributed by atoms with van der Waals surface area (Å²) in [4.78, 5) is 8.91. The lowest BCUT2D eigenvalue weighted by Crippen LogP contribution is -2.02. The van der Waals surface area contributed by atoms with Gasteiger partial charge in [0.2, 0.25) is 5.95 Å². The Kier molecular flexibility index (Phi) is 4.21. The van der Waals surface area contributed by atoms with E-state index in [0.29, 0.717) is 16.8 Å². The number of para-hydroxylation sites is 1. The van der Waals surface area contributed by atoms with Gasteiger partial charge in [0.25, 0.3) is 0 Å². The third-order valence-corrected chi connectivity index (χ3v) is 3.49. The summed E-state index contributed by atoms with van der Waals surface area (Å²) in [7, 11) is 1.80. The van der Waals surface area contributed by atoms with Crippen molar-refractivity contribution < 1.29 is 0 Å². The zero-order chi connectivity index (χ0) is 15.4. The van der Waals surface area contributed by atoms with Crippen molar-refractivity contribution in [3.8, 4) is 11.3 Å². The highest BCUT2D eigenvalue weighted by Gasteiger charge is 2.07. The van der Waals surface area contributed by atoms with E-state index < -0.39 is 0 Å². The summed E-state index contributed by atoms with van der Waals surface area (Å²) in [5.74, 6) is 1.24. The Bertz CT molecular complexity index is 775. The van der Waals surface area contributed by atoms with Crippen molar-refractivity contribution >= 4 is 29.1 Å². The first-order valence-electron chi connectivity index (χ1n) is 6.90. The summed E-state index contributed by atoms with van der Waals surface area (Å²) in [5, 5.41) is 6.86. The number of halogens is 1. The lowest BCUT2D eigenvalue weighted by Gasteiger charge is -2.11. The first-order valence-corrected chi connectivity index (χ1v) is 7.28. The van der Waals surface area contributed by atoms with Crippen LogP contribution < -0.4 is 10.6 Å². The average molecular weight is 311 g/mol. The average Bonchev–Trinajstić information content (AvgIpc) is 2.57. The maximum atomic E-state index is 6.18. The van der Waals surface area contributed by atoms with Crippen LogP contribution in [0.5, 0.6) is 0 Å². The van der Waals surface area contributed by atoms with Crippen LogP contribution in [0.4, 0.5) is 17.5 Å².